The standard InChI is InChI=1S/C10H18O4/c1-5-8-13-10(4,12-7-3)14-9(11)6-2/h6H,2,5,7-8H2,1,3-4H3. The number of hydrogen-bond donors (Lipinski definition) is 0. The highest BCUT2D eigenvalue weighted by Crippen LogP contribution is 2.15. The second-order valence-electron chi connectivity index (χ2n) is 2.77. The van der Waals surface area contributed by atoms with Crippen molar-refractivity contribution in [2.45, 2.75) is 33.2 Å². The maximum atomic E-state index is 11.0. The monoisotopic (exact) mass is 202 g/mol. The van der Waals surface area contributed by atoms with Crippen molar-refractivity contribution in [3.8, 4) is 0 Å². The van der Waals surface area contributed by atoms with Gasteiger partial charge in [0.25, 0.3) is 0 Å². The predicted molar refractivity (Wildman–Crippen MR) is 52.6 cm³/mol. The van der Waals surface area contributed by atoms with Crippen molar-refractivity contribution in [3.63, 3.8) is 0 Å². The van der Waals surface area contributed by atoms with Crippen molar-refractivity contribution in [1.82, 2.24) is 0 Å². The van der Waals surface area contributed by atoms with E-state index in [1.54, 1.807) is 13.8 Å². The van der Waals surface area contributed by atoms with Gasteiger partial charge in [-0.2, -0.15) is 0 Å². The molecule has 0 radical (unpaired) electrons. The lowest BCUT2D eigenvalue weighted by atomic mass is 10.5. The first-order valence-electron chi connectivity index (χ1n) is 4.71. The summed E-state index contributed by atoms with van der Waals surface area (Å²) in [7, 11) is 0. The summed E-state index contributed by atoms with van der Waals surface area (Å²) in [5.74, 6) is -1.85. The lowest BCUT2D eigenvalue weighted by Gasteiger charge is -2.27. The minimum absolute atomic E-state index is 0.407. The Kier molecular flexibility index (Phi) is 6.16. The smallest absolute Gasteiger partial charge is 0.334 e. The van der Waals surface area contributed by atoms with Gasteiger partial charge in [-0.15, -0.1) is 0 Å². The second-order valence-corrected chi connectivity index (χ2v) is 2.77. The summed E-state index contributed by atoms with van der Waals surface area (Å²) in [6, 6.07) is 0. The molecule has 0 spiro atoms. The lowest BCUT2D eigenvalue weighted by Crippen LogP contribution is -2.37. The van der Waals surface area contributed by atoms with E-state index in [1.807, 2.05) is 6.92 Å². The first-order chi connectivity index (χ1) is 6.58. The van der Waals surface area contributed by atoms with Gasteiger partial charge in [0.05, 0.1) is 13.2 Å². The van der Waals surface area contributed by atoms with Crippen molar-refractivity contribution in [1.29, 1.82) is 0 Å². The fourth-order valence-electron chi connectivity index (χ4n) is 0.875. The summed E-state index contributed by atoms with van der Waals surface area (Å²) in [6.07, 6.45) is 1.90. The average molecular weight is 202 g/mol. The van der Waals surface area contributed by atoms with Gasteiger partial charge in [0, 0.05) is 13.0 Å². The highest BCUT2D eigenvalue weighted by molar-refractivity contribution is 5.81. The minimum atomic E-state index is -1.30. The number of rotatable bonds is 7. The molecule has 0 N–H and O–H groups in total. The molecule has 0 saturated carbocycles. The van der Waals surface area contributed by atoms with Crippen LogP contribution in [0.15, 0.2) is 12.7 Å². The van der Waals surface area contributed by atoms with Gasteiger partial charge in [-0.25, -0.2) is 4.79 Å². The summed E-state index contributed by atoms with van der Waals surface area (Å²) >= 11 is 0. The number of carbonyl (C=O) groups excluding carboxylic acids is 1. The van der Waals surface area contributed by atoms with Crippen molar-refractivity contribution in [2.75, 3.05) is 13.2 Å². The number of carbonyl (C=O) groups is 1. The summed E-state index contributed by atoms with van der Waals surface area (Å²) in [5.41, 5.74) is 0. The molecule has 0 aliphatic heterocycles. The first kappa shape index (κ1) is 13.1. The molecule has 0 bridgehead atoms. The Bertz CT molecular complexity index is 191. The third-order valence-electron chi connectivity index (χ3n) is 1.43. The molecule has 0 aromatic carbocycles. The van der Waals surface area contributed by atoms with E-state index in [1.165, 1.54) is 0 Å². The molecule has 0 amide bonds. The van der Waals surface area contributed by atoms with Crippen LogP contribution in [-0.4, -0.2) is 25.2 Å². The minimum Gasteiger partial charge on any atom is -0.405 e. The Labute approximate surface area is 84.8 Å². The second kappa shape index (κ2) is 6.56. The van der Waals surface area contributed by atoms with Crippen LogP contribution >= 0.6 is 0 Å². The summed E-state index contributed by atoms with van der Waals surface area (Å²) < 4.78 is 15.4. The van der Waals surface area contributed by atoms with E-state index < -0.39 is 11.9 Å². The zero-order chi connectivity index (χ0) is 11.0. The quantitative estimate of drug-likeness (QED) is 0.359. The molecule has 0 fully saturated rings. The molecule has 0 aromatic heterocycles. The van der Waals surface area contributed by atoms with E-state index in [-0.39, 0.29) is 0 Å². The third-order valence-corrected chi connectivity index (χ3v) is 1.43. The molecule has 1 unspecified atom stereocenters. The summed E-state index contributed by atoms with van der Waals surface area (Å²) in [6.45, 7) is 9.50. The Morgan fingerprint density at radius 3 is 2.50 bits per heavy atom. The normalized spacial score (nSPS) is 14.5. The topological polar surface area (TPSA) is 44.8 Å². The van der Waals surface area contributed by atoms with E-state index in [2.05, 4.69) is 6.58 Å². The molecule has 4 heteroatoms. The first-order valence-corrected chi connectivity index (χ1v) is 4.71. The van der Waals surface area contributed by atoms with Crippen molar-refractivity contribution >= 4 is 5.97 Å². The van der Waals surface area contributed by atoms with E-state index in [9.17, 15) is 4.79 Å². The van der Waals surface area contributed by atoms with E-state index in [0.717, 1.165) is 12.5 Å². The van der Waals surface area contributed by atoms with Gasteiger partial charge < -0.3 is 14.2 Å². The maximum Gasteiger partial charge on any atom is 0.334 e. The van der Waals surface area contributed by atoms with Crippen LogP contribution in [0.4, 0.5) is 0 Å². The van der Waals surface area contributed by atoms with Gasteiger partial charge in [0.2, 0.25) is 0 Å². The molecular formula is C10H18O4. The Hall–Kier alpha value is -0.870. The average Bonchev–Trinajstić information content (AvgIpc) is 2.15. The maximum absolute atomic E-state index is 11.0. The Morgan fingerprint density at radius 2 is 2.07 bits per heavy atom. The van der Waals surface area contributed by atoms with Crippen LogP contribution < -0.4 is 0 Å². The van der Waals surface area contributed by atoms with Crippen LogP contribution in [-0.2, 0) is 19.0 Å². The predicted octanol–water partition coefficient (Wildman–Crippen LogP) is 1.85. The van der Waals surface area contributed by atoms with Crippen molar-refractivity contribution in [2.24, 2.45) is 0 Å². The molecule has 14 heavy (non-hydrogen) atoms. The largest absolute Gasteiger partial charge is 0.405 e. The van der Waals surface area contributed by atoms with Gasteiger partial charge in [0.15, 0.2) is 0 Å². The molecular weight excluding hydrogens is 184 g/mol. The number of esters is 1. The molecule has 82 valence electrons. The summed E-state index contributed by atoms with van der Waals surface area (Å²) in [5, 5.41) is 0. The fraction of sp³-hybridized carbons (Fsp3) is 0.700. The van der Waals surface area contributed by atoms with Crippen molar-refractivity contribution < 1.29 is 19.0 Å². The van der Waals surface area contributed by atoms with Crippen LogP contribution in [0.1, 0.15) is 27.2 Å². The Balaban J connectivity index is 4.21. The van der Waals surface area contributed by atoms with Gasteiger partial charge in [-0.3, -0.25) is 0 Å². The van der Waals surface area contributed by atoms with E-state index in [0.29, 0.717) is 13.2 Å². The zero-order valence-electron chi connectivity index (χ0n) is 9.04. The molecule has 0 heterocycles. The molecule has 0 saturated heterocycles. The molecule has 0 aromatic rings. The third kappa shape index (κ3) is 4.99. The van der Waals surface area contributed by atoms with E-state index >= 15 is 0 Å². The van der Waals surface area contributed by atoms with Crippen LogP contribution in [0, 0.1) is 0 Å². The van der Waals surface area contributed by atoms with Crippen LogP contribution in [0.2, 0.25) is 0 Å². The molecule has 0 aliphatic rings. The molecule has 0 aliphatic carbocycles. The molecule has 1 atom stereocenters. The summed E-state index contributed by atoms with van der Waals surface area (Å²) in [4.78, 5) is 11.0. The highest BCUT2D eigenvalue weighted by atomic mass is 16.9. The van der Waals surface area contributed by atoms with Gasteiger partial charge in [0.1, 0.15) is 0 Å². The van der Waals surface area contributed by atoms with Crippen molar-refractivity contribution in [3.05, 3.63) is 12.7 Å². The van der Waals surface area contributed by atoms with E-state index in [4.69, 9.17) is 14.2 Å². The zero-order valence-corrected chi connectivity index (χ0v) is 9.04. The van der Waals surface area contributed by atoms with Gasteiger partial charge in [-0.05, 0) is 13.3 Å². The van der Waals surface area contributed by atoms with Gasteiger partial charge in [-0.1, -0.05) is 13.5 Å². The van der Waals surface area contributed by atoms with Crippen LogP contribution in [0.5, 0.6) is 0 Å². The SMILES string of the molecule is C=CC(=O)OC(C)(OCC)OCCC. The van der Waals surface area contributed by atoms with Gasteiger partial charge >= 0.3 is 11.9 Å². The number of ether oxygens (including phenoxy) is 3. The molecule has 4 nitrogen and oxygen atoms in total. The lowest BCUT2D eigenvalue weighted by molar-refractivity contribution is -0.349. The molecule has 0 rings (SSSR count). The van der Waals surface area contributed by atoms with Crippen LogP contribution in [0.25, 0.3) is 0 Å². The highest BCUT2D eigenvalue weighted by Gasteiger charge is 2.29. The van der Waals surface area contributed by atoms with Crippen LogP contribution in [0.3, 0.4) is 0 Å². The fourth-order valence-corrected chi connectivity index (χ4v) is 0.875. The Morgan fingerprint density at radius 1 is 1.43 bits per heavy atom. The number of hydrogen-bond acceptors (Lipinski definition) is 4.